The molecule has 0 spiro atoms. The molecule has 1 rings (SSSR count). The highest BCUT2D eigenvalue weighted by Gasteiger charge is 2.27. The lowest BCUT2D eigenvalue weighted by Crippen LogP contribution is -2.07. The molecule has 0 radical (unpaired) electrons. The van der Waals surface area contributed by atoms with Gasteiger partial charge in [0.1, 0.15) is 0 Å². The van der Waals surface area contributed by atoms with Crippen LogP contribution in [0.15, 0.2) is 10.4 Å². The topological polar surface area (TPSA) is 34.1 Å². The Balaban J connectivity index is 2.89. The maximum Gasteiger partial charge on any atom is 0.174 e. The molecule has 0 unspecified atom stereocenters. The van der Waals surface area contributed by atoms with Crippen molar-refractivity contribution in [2.24, 2.45) is 0 Å². The van der Waals surface area contributed by atoms with Crippen LogP contribution in [0.4, 0.5) is 0 Å². The van der Waals surface area contributed by atoms with Crippen LogP contribution in [0.5, 0.6) is 0 Å². The van der Waals surface area contributed by atoms with E-state index in [1.165, 1.54) is 11.8 Å². The summed E-state index contributed by atoms with van der Waals surface area (Å²) in [6, 6.07) is 0. The van der Waals surface area contributed by atoms with Crippen molar-refractivity contribution in [1.29, 1.82) is 0 Å². The summed E-state index contributed by atoms with van der Waals surface area (Å²) in [6.45, 7) is 0. The predicted molar refractivity (Wildman–Crippen MR) is 45.0 cm³/mol. The number of thioether (sulfide) groups is 1. The molecule has 1 aliphatic rings. The highest BCUT2D eigenvalue weighted by Crippen LogP contribution is 2.28. The van der Waals surface area contributed by atoms with E-state index in [0.717, 1.165) is 5.41 Å². The van der Waals surface area contributed by atoms with Crippen LogP contribution in [-0.4, -0.2) is 25.7 Å². The fourth-order valence-corrected chi connectivity index (χ4v) is 4.31. The van der Waals surface area contributed by atoms with Crippen LogP contribution in [0.25, 0.3) is 0 Å². The van der Waals surface area contributed by atoms with Crippen molar-refractivity contribution in [2.75, 3.05) is 12.0 Å². The van der Waals surface area contributed by atoms with E-state index in [-0.39, 0.29) is 11.0 Å². The molecule has 0 aromatic carbocycles. The fraction of sp³-hybridized carbons (Fsp3) is 0.600. The number of sulfone groups is 1. The van der Waals surface area contributed by atoms with E-state index in [0.29, 0.717) is 5.03 Å². The first-order chi connectivity index (χ1) is 4.55. The molecule has 0 bridgehead atoms. The summed E-state index contributed by atoms with van der Waals surface area (Å²) in [5.74, 6) is 0.160. The van der Waals surface area contributed by atoms with Crippen LogP contribution in [0, 0.1) is 0 Å². The monoisotopic (exact) mass is 198 g/mol. The second kappa shape index (κ2) is 2.75. The Morgan fingerprint density at radius 3 is 2.60 bits per heavy atom. The number of hydrogen-bond donors (Lipinski definition) is 0. The summed E-state index contributed by atoms with van der Waals surface area (Å²) in [5.41, 5.74) is 0. The molecule has 2 nitrogen and oxygen atoms in total. The lowest BCUT2D eigenvalue weighted by molar-refractivity contribution is 0.606. The van der Waals surface area contributed by atoms with Crippen molar-refractivity contribution in [3.63, 3.8) is 0 Å². The Kier molecular flexibility index (Phi) is 2.32. The zero-order valence-electron chi connectivity index (χ0n) is 5.37. The van der Waals surface area contributed by atoms with Crippen LogP contribution in [0.1, 0.15) is 0 Å². The van der Waals surface area contributed by atoms with Gasteiger partial charge in [-0.05, 0) is 6.26 Å². The van der Waals surface area contributed by atoms with Gasteiger partial charge in [0.15, 0.2) is 9.84 Å². The molecule has 1 aliphatic heterocycles. The Bertz CT molecular complexity index is 255. The summed E-state index contributed by atoms with van der Waals surface area (Å²) in [5, 5.41) is 1.56. The standard InChI is InChI=1S/C5H7ClO2S2/c1-9-5-3-10(7,8)2-4(5)6/h2,5H,3H2,1H3/t5-/m1/s1. The van der Waals surface area contributed by atoms with Crippen LogP contribution >= 0.6 is 23.4 Å². The molecule has 0 N–H and O–H groups in total. The zero-order valence-corrected chi connectivity index (χ0v) is 7.76. The molecule has 5 heteroatoms. The van der Waals surface area contributed by atoms with Crippen LogP contribution < -0.4 is 0 Å². The second-order valence-corrected chi connectivity index (χ2v) is 5.43. The van der Waals surface area contributed by atoms with Crippen molar-refractivity contribution in [3.05, 3.63) is 10.4 Å². The molecule has 0 aromatic heterocycles. The van der Waals surface area contributed by atoms with Crippen LogP contribution in [0.2, 0.25) is 0 Å². The van der Waals surface area contributed by atoms with Gasteiger partial charge in [0.25, 0.3) is 0 Å². The highest BCUT2D eigenvalue weighted by molar-refractivity contribution is 8.02. The maximum atomic E-state index is 10.8. The highest BCUT2D eigenvalue weighted by atomic mass is 35.5. The molecule has 0 saturated heterocycles. The van der Waals surface area contributed by atoms with Gasteiger partial charge in [-0.1, -0.05) is 11.6 Å². The Hall–Kier alpha value is 0.330. The molecule has 10 heavy (non-hydrogen) atoms. The summed E-state index contributed by atoms with van der Waals surface area (Å²) < 4.78 is 21.7. The van der Waals surface area contributed by atoms with E-state index >= 15 is 0 Å². The number of halogens is 1. The number of hydrogen-bond acceptors (Lipinski definition) is 3. The predicted octanol–water partition coefficient (Wildman–Crippen LogP) is 1.23. The maximum absolute atomic E-state index is 10.8. The van der Waals surface area contributed by atoms with Crippen LogP contribution in [-0.2, 0) is 9.84 Å². The molecule has 0 fully saturated rings. The molecular formula is C5H7ClO2S2. The minimum atomic E-state index is -2.97. The van der Waals surface area contributed by atoms with Crippen LogP contribution in [0.3, 0.4) is 0 Å². The van der Waals surface area contributed by atoms with Gasteiger partial charge in [-0.15, -0.1) is 0 Å². The van der Waals surface area contributed by atoms with Gasteiger partial charge in [-0.25, -0.2) is 8.42 Å². The van der Waals surface area contributed by atoms with Gasteiger partial charge in [0.2, 0.25) is 0 Å². The molecule has 58 valence electrons. The third-order valence-electron chi connectivity index (χ3n) is 1.27. The third kappa shape index (κ3) is 1.68. The molecular weight excluding hydrogens is 192 g/mol. The Morgan fingerprint density at radius 2 is 2.40 bits per heavy atom. The smallest absolute Gasteiger partial charge is 0.174 e. The average molecular weight is 199 g/mol. The van der Waals surface area contributed by atoms with Gasteiger partial charge in [0, 0.05) is 10.4 Å². The van der Waals surface area contributed by atoms with Crippen molar-refractivity contribution in [2.45, 2.75) is 5.25 Å². The summed E-state index contributed by atoms with van der Waals surface area (Å²) in [6.07, 6.45) is 1.85. The SMILES string of the molecule is CS[C@@H]1CS(=O)(=O)C=C1Cl. The average Bonchev–Trinajstić information content (AvgIpc) is 2.05. The summed E-state index contributed by atoms with van der Waals surface area (Å²) in [4.78, 5) is 0. The Morgan fingerprint density at radius 1 is 1.80 bits per heavy atom. The van der Waals surface area contributed by atoms with Crippen molar-refractivity contribution in [3.8, 4) is 0 Å². The van der Waals surface area contributed by atoms with E-state index in [1.54, 1.807) is 0 Å². The Labute approximate surface area is 69.6 Å². The molecule has 0 aromatic rings. The summed E-state index contributed by atoms with van der Waals surface area (Å²) >= 11 is 7.09. The van der Waals surface area contributed by atoms with E-state index in [2.05, 4.69) is 0 Å². The van der Waals surface area contributed by atoms with Gasteiger partial charge in [-0.3, -0.25) is 0 Å². The zero-order chi connectivity index (χ0) is 7.78. The van der Waals surface area contributed by atoms with Crippen molar-refractivity contribution >= 4 is 33.2 Å². The lowest BCUT2D eigenvalue weighted by atomic mass is 10.5. The second-order valence-electron chi connectivity index (χ2n) is 2.06. The van der Waals surface area contributed by atoms with E-state index in [1.807, 2.05) is 6.26 Å². The van der Waals surface area contributed by atoms with E-state index < -0.39 is 9.84 Å². The first kappa shape index (κ1) is 8.43. The third-order valence-corrected chi connectivity index (χ3v) is 4.51. The van der Waals surface area contributed by atoms with E-state index in [4.69, 9.17) is 11.6 Å². The van der Waals surface area contributed by atoms with Gasteiger partial charge < -0.3 is 0 Å². The molecule has 1 heterocycles. The minimum Gasteiger partial charge on any atom is -0.224 e. The minimum absolute atomic E-state index is 0.0355. The van der Waals surface area contributed by atoms with E-state index in [9.17, 15) is 8.42 Å². The quantitative estimate of drug-likeness (QED) is 0.636. The molecule has 0 saturated carbocycles. The largest absolute Gasteiger partial charge is 0.224 e. The van der Waals surface area contributed by atoms with Crippen molar-refractivity contribution in [1.82, 2.24) is 0 Å². The lowest BCUT2D eigenvalue weighted by Gasteiger charge is -2.01. The summed E-state index contributed by atoms with van der Waals surface area (Å²) in [7, 11) is -2.97. The van der Waals surface area contributed by atoms with Gasteiger partial charge in [-0.2, -0.15) is 11.8 Å². The molecule has 0 aliphatic carbocycles. The first-order valence-electron chi connectivity index (χ1n) is 2.68. The fourth-order valence-electron chi connectivity index (χ4n) is 0.767. The normalized spacial score (nSPS) is 30.2. The van der Waals surface area contributed by atoms with Gasteiger partial charge in [0.05, 0.1) is 11.0 Å². The van der Waals surface area contributed by atoms with Gasteiger partial charge >= 0.3 is 0 Å². The van der Waals surface area contributed by atoms with Crippen molar-refractivity contribution < 1.29 is 8.42 Å². The molecule has 0 amide bonds. The molecule has 1 atom stereocenters. The number of rotatable bonds is 1. The first-order valence-corrected chi connectivity index (χ1v) is 6.06.